The third-order valence-electron chi connectivity index (χ3n) is 4.35. The predicted octanol–water partition coefficient (Wildman–Crippen LogP) is 3.60. The highest BCUT2D eigenvalue weighted by Crippen LogP contribution is 2.25. The smallest absolute Gasteiger partial charge is 0.225 e. The summed E-state index contributed by atoms with van der Waals surface area (Å²) < 4.78 is 0. The van der Waals surface area contributed by atoms with Crippen molar-refractivity contribution in [3.8, 4) is 0 Å². The van der Waals surface area contributed by atoms with Gasteiger partial charge in [-0.05, 0) is 37.5 Å². The minimum Gasteiger partial charge on any atom is -0.393 e. The molecule has 0 aromatic heterocycles. The number of aliphatic hydroxyl groups is 1. The third kappa shape index (κ3) is 6.25. The fourth-order valence-electron chi connectivity index (χ4n) is 2.89. The molecule has 1 saturated heterocycles. The number of carbonyl (C=O) groups excluding carboxylic acids is 1. The number of carbonyl (C=O) groups is 1. The zero-order chi connectivity index (χ0) is 15.2. The van der Waals surface area contributed by atoms with E-state index in [-0.39, 0.29) is 12.0 Å². The second kappa shape index (κ2) is 8.02. The van der Waals surface area contributed by atoms with Crippen LogP contribution in [0.5, 0.6) is 0 Å². The molecular weight excluding hydrogens is 250 g/mol. The van der Waals surface area contributed by atoms with Gasteiger partial charge in [-0.3, -0.25) is 4.79 Å². The fourth-order valence-corrected chi connectivity index (χ4v) is 2.89. The van der Waals surface area contributed by atoms with Crippen molar-refractivity contribution in [3.05, 3.63) is 0 Å². The summed E-state index contributed by atoms with van der Waals surface area (Å²) in [6.45, 7) is 10.4. The SMILES string of the molecule is CCC(CCCCC(C)(C)C)C(=O)N1CCC(O)CC1. The van der Waals surface area contributed by atoms with E-state index in [1.807, 2.05) is 4.90 Å². The quantitative estimate of drug-likeness (QED) is 0.757. The summed E-state index contributed by atoms with van der Waals surface area (Å²) in [4.78, 5) is 14.4. The summed E-state index contributed by atoms with van der Waals surface area (Å²) in [5.41, 5.74) is 0.398. The molecule has 1 aliphatic rings. The number of amides is 1. The minimum atomic E-state index is -0.203. The average Bonchev–Trinajstić information content (AvgIpc) is 2.38. The van der Waals surface area contributed by atoms with Crippen molar-refractivity contribution >= 4 is 5.91 Å². The summed E-state index contributed by atoms with van der Waals surface area (Å²) >= 11 is 0. The van der Waals surface area contributed by atoms with Crippen LogP contribution in [-0.4, -0.2) is 35.1 Å². The van der Waals surface area contributed by atoms with Crippen molar-refractivity contribution in [2.24, 2.45) is 11.3 Å². The van der Waals surface area contributed by atoms with Crippen LogP contribution in [0.25, 0.3) is 0 Å². The van der Waals surface area contributed by atoms with E-state index in [2.05, 4.69) is 27.7 Å². The first-order valence-electron chi connectivity index (χ1n) is 8.30. The maximum Gasteiger partial charge on any atom is 0.225 e. The highest BCUT2D eigenvalue weighted by atomic mass is 16.3. The van der Waals surface area contributed by atoms with Gasteiger partial charge in [0.15, 0.2) is 0 Å². The second-order valence-electron chi connectivity index (χ2n) is 7.47. The van der Waals surface area contributed by atoms with Gasteiger partial charge >= 0.3 is 0 Å². The van der Waals surface area contributed by atoms with Gasteiger partial charge in [-0.1, -0.05) is 40.5 Å². The van der Waals surface area contributed by atoms with Crippen LogP contribution in [0, 0.1) is 11.3 Å². The van der Waals surface area contributed by atoms with E-state index in [1.165, 1.54) is 12.8 Å². The van der Waals surface area contributed by atoms with Gasteiger partial charge in [0.25, 0.3) is 0 Å². The Morgan fingerprint density at radius 2 is 1.85 bits per heavy atom. The van der Waals surface area contributed by atoms with Crippen molar-refractivity contribution in [1.82, 2.24) is 4.90 Å². The zero-order valence-electron chi connectivity index (χ0n) is 13.8. The highest BCUT2D eigenvalue weighted by Gasteiger charge is 2.26. The molecular formula is C17H33NO2. The summed E-state index contributed by atoms with van der Waals surface area (Å²) in [7, 11) is 0. The van der Waals surface area contributed by atoms with E-state index in [0.717, 1.165) is 45.2 Å². The van der Waals surface area contributed by atoms with E-state index in [1.54, 1.807) is 0 Å². The molecule has 3 heteroatoms. The summed E-state index contributed by atoms with van der Waals surface area (Å²) in [6.07, 6.45) is 6.83. The molecule has 0 saturated carbocycles. The first-order chi connectivity index (χ1) is 9.33. The number of hydrogen-bond donors (Lipinski definition) is 1. The van der Waals surface area contributed by atoms with Crippen molar-refractivity contribution in [2.45, 2.75) is 78.7 Å². The van der Waals surface area contributed by atoms with Crippen LogP contribution >= 0.6 is 0 Å². The molecule has 0 bridgehead atoms. The number of nitrogens with zero attached hydrogens (tertiary/aromatic N) is 1. The van der Waals surface area contributed by atoms with Crippen LogP contribution in [-0.2, 0) is 4.79 Å². The highest BCUT2D eigenvalue weighted by molar-refractivity contribution is 5.78. The van der Waals surface area contributed by atoms with Crippen molar-refractivity contribution < 1.29 is 9.90 Å². The van der Waals surface area contributed by atoms with Crippen LogP contribution in [0.3, 0.4) is 0 Å². The molecule has 1 unspecified atom stereocenters. The van der Waals surface area contributed by atoms with Crippen LogP contribution in [0.2, 0.25) is 0 Å². The van der Waals surface area contributed by atoms with E-state index < -0.39 is 0 Å². The Bertz CT molecular complexity index is 288. The van der Waals surface area contributed by atoms with E-state index in [9.17, 15) is 9.90 Å². The van der Waals surface area contributed by atoms with Crippen LogP contribution < -0.4 is 0 Å². The summed E-state index contributed by atoms with van der Waals surface area (Å²) in [5.74, 6) is 0.500. The van der Waals surface area contributed by atoms with Crippen molar-refractivity contribution in [2.75, 3.05) is 13.1 Å². The van der Waals surface area contributed by atoms with Crippen LogP contribution in [0.15, 0.2) is 0 Å². The fraction of sp³-hybridized carbons (Fsp3) is 0.941. The second-order valence-corrected chi connectivity index (χ2v) is 7.47. The van der Waals surface area contributed by atoms with Gasteiger partial charge in [-0.2, -0.15) is 0 Å². The Kier molecular flexibility index (Phi) is 7.01. The molecule has 1 N–H and O–H groups in total. The number of rotatable bonds is 6. The van der Waals surface area contributed by atoms with E-state index in [0.29, 0.717) is 11.3 Å². The summed E-state index contributed by atoms with van der Waals surface area (Å²) in [5, 5.41) is 9.52. The summed E-state index contributed by atoms with van der Waals surface area (Å²) in [6, 6.07) is 0. The lowest BCUT2D eigenvalue weighted by Gasteiger charge is -2.32. The third-order valence-corrected chi connectivity index (χ3v) is 4.35. The van der Waals surface area contributed by atoms with Gasteiger partial charge in [0.2, 0.25) is 5.91 Å². The molecule has 1 amide bonds. The standard InChI is InChI=1S/C17H33NO2/c1-5-14(8-6-7-11-17(2,3)4)16(20)18-12-9-15(19)10-13-18/h14-15,19H,5-13H2,1-4H3. The molecule has 0 aliphatic carbocycles. The largest absolute Gasteiger partial charge is 0.393 e. The van der Waals surface area contributed by atoms with Gasteiger partial charge in [0, 0.05) is 19.0 Å². The predicted molar refractivity (Wildman–Crippen MR) is 83.5 cm³/mol. The Labute approximate surface area is 124 Å². The first kappa shape index (κ1) is 17.5. The van der Waals surface area contributed by atoms with Gasteiger partial charge in [-0.15, -0.1) is 0 Å². The molecule has 0 aromatic carbocycles. The molecule has 0 aromatic rings. The van der Waals surface area contributed by atoms with Gasteiger partial charge < -0.3 is 10.0 Å². The van der Waals surface area contributed by atoms with Crippen LogP contribution in [0.4, 0.5) is 0 Å². The maximum atomic E-state index is 12.5. The molecule has 1 heterocycles. The van der Waals surface area contributed by atoms with E-state index in [4.69, 9.17) is 0 Å². The number of piperidine rings is 1. The first-order valence-corrected chi connectivity index (χ1v) is 8.30. The van der Waals surface area contributed by atoms with Crippen molar-refractivity contribution in [3.63, 3.8) is 0 Å². The number of hydrogen-bond acceptors (Lipinski definition) is 2. The van der Waals surface area contributed by atoms with Crippen LogP contribution in [0.1, 0.15) is 72.6 Å². The molecule has 118 valence electrons. The lowest BCUT2D eigenvalue weighted by molar-refractivity contribution is -0.137. The monoisotopic (exact) mass is 283 g/mol. The Morgan fingerprint density at radius 1 is 1.25 bits per heavy atom. The van der Waals surface area contributed by atoms with Crippen molar-refractivity contribution in [1.29, 1.82) is 0 Å². The minimum absolute atomic E-state index is 0.185. The normalized spacial score (nSPS) is 19.1. The number of aliphatic hydroxyl groups excluding tert-OH is 1. The Balaban J connectivity index is 2.32. The molecule has 0 radical (unpaired) electrons. The zero-order valence-corrected chi connectivity index (χ0v) is 13.8. The lowest BCUT2D eigenvalue weighted by Crippen LogP contribution is -2.43. The van der Waals surface area contributed by atoms with Gasteiger partial charge in [0.05, 0.1) is 6.10 Å². The molecule has 20 heavy (non-hydrogen) atoms. The van der Waals surface area contributed by atoms with E-state index >= 15 is 0 Å². The molecule has 1 rings (SSSR count). The maximum absolute atomic E-state index is 12.5. The number of likely N-dealkylation sites (tertiary alicyclic amines) is 1. The number of unbranched alkanes of at least 4 members (excludes halogenated alkanes) is 1. The Morgan fingerprint density at radius 3 is 2.35 bits per heavy atom. The molecule has 1 fully saturated rings. The molecule has 3 nitrogen and oxygen atoms in total. The molecule has 0 spiro atoms. The Hall–Kier alpha value is -0.570. The topological polar surface area (TPSA) is 40.5 Å². The van der Waals surface area contributed by atoms with Gasteiger partial charge in [-0.25, -0.2) is 0 Å². The average molecular weight is 283 g/mol. The molecule has 1 aliphatic heterocycles. The van der Waals surface area contributed by atoms with Gasteiger partial charge in [0.1, 0.15) is 0 Å². The lowest BCUT2D eigenvalue weighted by atomic mass is 9.88. The molecule has 1 atom stereocenters.